The highest BCUT2D eigenvalue weighted by Crippen LogP contribution is 2.16. The van der Waals surface area contributed by atoms with Crippen LogP contribution in [-0.4, -0.2) is 61.9 Å². The molecule has 0 unspecified atom stereocenters. The highest BCUT2D eigenvalue weighted by molar-refractivity contribution is 7.88. The predicted octanol–water partition coefficient (Wildman–Crippen LogP) is 2.18. The first kappa shape index (κ1) is 25.5. The smallest absolute Gasteiger partial charge is 0.243 e. The Kier molecular flexibility index (Phi) is 9.34. The first-order chi connectivity index (χ1) is 15.1. The summed E-state index contributed by atoms with van der Waals surface area (Å²) in [6.45, 7) is 2.00. The standard InChI is InChI=1S/C23H30FN3O4S/c1-4-14-25-23(29)21(15-18-8-6-5-7-9-18)27(16-19-10-12-20(24)13-11-19)22(28)17-26(2)32(3,30)31/h5-13,21H,4,14-17H2,1-3H3,(H,25,29)/t21-/m1/s1. The lowest BCUT2D eigenvalue weighted by Crippen LogP contribution is -2.53. The normalized spacial score (nSPS) is 12.4. The number of hydrogen-bond donors (Lipinski definition) is 1. The zero-order valence-corrected chi connectivity index (χ0v) is 19.4. The molecule has 0 radical (unpaired) electrons. The minimum absolute atomic E-state index is 0.0355. The van der Waals surface area contributed by atoms with Gasteiger partial charge >= 0.3 is 0 Å². The summed E-state index contributed by atoms with van der Waals surface area (Å²) in [5, 5.41) is 2.84. The fraction of sp³-hybridized carbons (Fsp3) is 0.391. The number of hydrogen-bond acceptors (Lipinski definition) is 4. The van der Waals surface area contributed by atoms with Crippen molar-refractivity contribution in [1.82, 2.24) is 14.5 Å². The summed E-state index contributed by atoms with van der Waals surface area (Å²) in [5.41, 5.74) is 1.49. The topological polar surface area (TPSA) is 86.8 Å². The van der Waals surface area contributed by atoms with Gasteiger partial charge in [0.2, 0.25) is 21.8 Å². The molecular formula is C23H30FN3O4S. The van der Waals surface area contributed by atoms with Gasteiger partial charge in [0.05, 0.1) is 12.8 Å². The van der Waals surface area contributed by atoms with E-state index in [1.807, 2.05) is 37.3 Å². The Hall–Kier alpha value is -2.78. The Morgan fingerprint density at radius 3 is 2.22 bits per heavy atom. The Bertz CT molecular complexity index is 998. The Labute approximate surface area is 189 Å². The van der Waals surface area contributed by atoms with Crippen LogP contribution in [0.25, 0.3) is 0 Å². The van der Waals surface area contributed by atoms with Crippen LogP contribution in [0.1, 0.15) is 24.5 Å². The number of carbonyl (C=O) groups is 2. The van der Waals surface area contributed by atoms with Gasteiger partial charge in [0, 0.05) is 26.6 Å². The molecule has 0 aliphatic rings. The average molecular weight is 464 g/mol. The van der Waals surface area contributed by atoms with Crippen LogP contribution in [0.3, 0.4) is 0 Å². The number of rotatable bonds is 11. The van der Waals surface area contributed by atoms with Crippen molar-refractivity contribution >= 4 is 21.8 Å². The molecule has 2 amide bonds. The first-order valence-electron chi connectivity index (χ1n) is 10.4. The van der Waals surface area contributed by atoms with Crippen LogP contribution in [0.4, 0.5) is 4.39 Å². The molecule has 0 fully saturated rings. The van der Waals surface area contributed by atoms with Crippen LogP contribution in [0, 0.1) is 5.82 Å². The van der Waals surface area contributed by atoms with Crippen molar-refractivity contribution in [3.8, 4) is 0 Å². The van der Waals surface area contributed by atoms with Gasteiger partial charge in [-0.15, -0.1) is 0 Å². The molecule has 7 nitrogen and oxygen atoms in total. The van der Waals surface area contributed by atoms with Crippen molar-refractivity contribution in [1.29, 1.82) is 0 Å². The van der Waals surface area contributed by atoms with Gasteiger partial charge < -0.3 is 10.2 Å². The Morgan fingerprint density at radius 1 is 1.03 bits per heavy atom. The van der Waals surface area contributed by atoms with Gasteiger partial charge in [0.1, 0.15) is 11.9 Å². The molecule has 32 heavy (non-hydrogen) atoms. The minimum atomic E-state index is -3.59. The third-order valence-corrected chi connectivity index (χ3v) is 6.27. The van der Waals surface area contributed by atoms with Gasteiger partial charge in [-0.05, 0) is 29.7 Å². The summed E-state index contributed by atoms with van der Waals surface area (Å²) in [7, 11) is -2.28. The second-order valence-electron chi connectivity index (χ2n) is 7.66. The number of likely N-dealkylation sites (N-methyl/N-ethyl adjacent to an activating group) is 1. The molecule has 0 spiro atoms. The lowest BCUT2D eigenvalue weighted by molar-refractivity contribution is -0.141. The molecule has 2 aromatic rings. The molecule has 0 bridgehead atoms. The Morgan fingerprint density at radius 2 is 1.66 bits per heavy atom. The molecule has 0 aliphatic carbocycles. The van der Waals surface area contributed by atoms with Gasteiger partial charge in [-0.25, -0.2) is 12.8 Å². The van der Waals surface area contributed by atoms with Crippen molar-refractivity contribution in [2.24, 2.45) is 0 Å². The minimum Gasteiger partial charge on any atom is -0.354 e. The fourth-order valence-corrected chi connectivity index (χ4v) is 3.45. The number of nitrogens with zero attached hydrogens (tertiary/aromatic N) is 2. The molecule has 0 saturated carbocycles. The van der Waals surface area contributed by atoms with E-state index in [1.165, 1.54) is 24.1 Å². The number of sulfonamides is 1. The average Bonchev–Trinajstić information content (AvgIpc) is 2.75. The number of benzene rings is 2. The lowest BCUT2D eigenvalue weighted by atomic mass is 10.0. The van der Waals surface area contributed by atoms with Gasteiger partial charge in [0.15, 0.2) is 0 Å². The molecule has 2 aromatic carbocycles. The lowest BCUT2D eigenvalue weighted by Gasteiger charge is -2.32. The van der Waals surface area contributed by atoms with Crippen molar-refractivity contribution in [2.45, 2.75) is 32.4 Å². The summed E-state index contributed by atoms with van der Waals surface area (Å²) in [6.07, 6.45) is 2.00. The van der Waals surface area contributed by atoms with E-state index in [0.29, 0.717) is 12.1 Å². The monoisotopic (exact) mass is 463 g/mol. The van der Waals surface area contributed by atoms with E-state index in [0.717, 1.165) is 22.5 Å². The molecule has 2 rings (SSSR count). The third kappa shape index (κ3) is 7.72. The summed E-state index contributed by atoms with van der Waals surface area (Å²) < 4.78 is 38.0. The van der Waals surface area contributed by atoms with Crippen LogP contribution in [0.15, 0.2) is 54.6 Å². The number of carbonyl (C=O) groups excluding carboxylic acids is 2. The zero-order chi connectivity index (χ0) is 23.7. The molecular weight excluding hydrogens is 433 g/mol. The van der Waals surface area contributed by atoms with Crippen LogP contribution in [-0.2, 0) is 32.6 Å². The van der Waals surface area contributed by atoms with Crippen molar-refractivity contribution in [3.05, 3.63) is 71.5 Å². The number of nitrogens with one attached hydrogen (secondary N) is 1. The molecule has 1 atom stereocenters. The SMILES string of the molecule is CCCNC(=O)[C@@H](Cc1ccccc1)N(Cc1ccc(F)cc1)C(=O)CN(C)S(C)(=O)=O. The van der Waals surface area contributed by atoms with E-state index in [2.05, 4.69) is 5.32 Å². The summed E-state index contributed by atoms with van der Waals surface area (Å²) in [5.74, 6) is -1.26. The van der Waals surface area contributed by atoms with Crippen LogP contribution in [0.5, 0.6) is 0 Å². The largest absolute Gasteiger partial charge is 0.354 e. The molecule has 9 heteroatoms. The van der Waals surface area contributed by atoms with Gasteiger partial charge in [-0.1, -0.05) is 49.4 Å². The van der Waals surface area contributed by atoms with E-state index in [-0.39, 0.29) is 18.9 Å². The maximum atomic E-state index is 13.4. The Balaban J connectivity index is 2.41. The number of amides is 2. The van der Waals surface area contributed by atoms with E-state index in [9.17, 15) is 22.4 Å². The van der Waals surface area contributed by atoms with Gasteiger partial charge in [-0.2, -0.15) is 4.31 Å². The van der Waals surface area contributed by atoms with E-state index in [1.54, 1.807) is 12.1 Å². The molecule has 0 aliphatic heterocycles. The molecule has 0 heterocycles. The maximum Gasteiger partial charge on any atom is 0.243 e. The zero-order valence-electron chi connectivity index (χ0n) is 18.6. The number of halogens is 1. The van der Waals surface area contributed by atoms with Crippen molar-refractivity contribution in [3.63, 3.8) is 0 Å². The van der Waals surface area contributed by atoms with E-state index >= 15 is 0 Å². The summed E-state index contributed by atoms with van der Waals surface area (Å²) >= 11 is 0. The van der Waals surface area contributed by atoms with E-state index < -0.39 is 34.3 Å². The molecule has 0 saturated heterocycles. The maximum absolute atomic E-state index is 13.4. The third-order valence-electron chi connectivity index (χ3n) is 5.01. The van der Waals surface area contributed by atoms with Gasteiger partial charge in [0.25, 0.3) is 0 Å². The van der Waals surface area contributed by atoms with Crippen LogP contribution < -0.4 is 5.32 Å². The summed E-state index contributed by atoms with van der Waals surface area (Å²) in [4.78, 5) is 27.7. The highest BCUT2D eigenvalue weighted by Gasteiger charge is 2.31. The fourth-order valence-electron chi connectivity index (χ4n) is 3.11. The quantitative estimate of drug-likeness (QED) is 0.554. The highest BCUT2D eigenvalue weighted by atomic mass is 32.2. The second-order valence-corrected chi connectivity index (χ2v) is 9.75. The van der Waals surface area contributed by atoms with E-state index in [4.69, 9.17) is 0 Å². The molecule has 1 N–H and O–H groups in total. The van der Waals surface area contributed by atoms with Crippen molar-refractivity contribution < 1.29 is 22.4 Å². The van der Waals surface area contributed by atoms with Crippen LogP contribution in [0.2, 0.25) is 0 Å². The molecule has 0 aromatic heterocycles. The first-order valence-corrected chi connectivity index (χ1v) is 12.2. The predicted molar refractivity (Wildman–Crippen MR) is 122 cm³/mol. The van der Waals surface area contributed by atoms with Gasteiger partial charge in [-0.3, -0.25) is 9.59 Å². The van der Waals surface area contributed by atoms with Crippen LogP contribution >= 0.6 is 0 Å². The van der Waals surface area contributed by atoms with Crippen molar-refractivity contribution in [2.75, 3.05) is 26.4 Å². The summed E-state index contributed by atoms with van der Waals surface area (Å²) in [6, 6.07) is 14.1. The molecule has 174 valence electrons. The second kappa shape index (κ2) is 11.7.